The Balaban J connectivity index is 1.60. The molecule has 0 N–H and O–H groups in total. The van der Waals surface area contributed by atoms with Crippen LogP contribution in [0.15, 0.2) is 54.6 Å². The average molecular weight is 487 g/mol. The van der Waals surface area contributed by atoms with Gasteiger partial charge in [0, 0.05) is 32.5 Å². The zero-order valence-electron chi connectivity index (χ0n) is 19.7. The first-order valence-electron chi connectivity index (χ1n) is 12.0. The van der Waals surface area contributed by atoms with Crippen molar-refractivity contribution in [2.45, 2.75) is 56.5 Å². The van der Waals surface area contributed by atoms with Gasteiger partial charge in [-0.3, -0.25) is 19.3 Å². The number of carbonyl (C=O) groups is 3. The molecular formula is C27H29F3N2O3. The third-order valence-electron chi connectivity index (χ3n) is 7.27. The summed E-state index contributed by atoms with van der Waals surface area (Å²) in [5.74, 6) is -1.07. The summed E-state index contributed by atoms with van der Waals surface area (Å²) in [5.41, 5.74) is -1.25. The molecule has 2 atom stereocenters. The van der Waals surface area contributed by atoms with E-state index in [1.807, 2.05) is 18.2 Å². The molecule has 35 heavy (non-hydrogen) atoms. The van der Waals surface area contributed by atoms with E-state index in [0.29, 0.717) is 19.0 Å². The lowest BCUT2D eigenvalue weighted by atomic mass is 9.75. The van der Waals surface area contributed by atoms with E-state index in [1.165, 1.54) is 17.7 Å². The lowest BCUT2D eigenvalue weighted by Crippen LogP contribution is -2.43. The SMILES string of the molecule is CCN1C(=O)C[C@@](CC(=O)N2CCC[C@@H](c3ccccc3)CC2)(c2cccc(C(F)(F)F)c2)C1=O. The number of rotatable bonds is 5. The zero-order valence-corrected chi connectivity index (χ0v) is 19.7. The lowest BCUT2D eigenvalue weighted by molar-refractivity contribution is -0.143. The first kappa shape index (κ1) is 24.9. The second-order valence-corrected chi connectivity index (χ2v) is 9.38. The number of imide groups is 1. The summed E-state index contributed by atoms with van der Waals surface area (Å²) in [4.78, 5) is 42.3. The van der Waals surface area contributed by atoms with Crippen molar-refractivity contribution < 1.29 is 27.6 Å². The number of likely N-dealkylation sites (tertiary alicyclic amines) is 2. The van der Waals surface area contributed by atoms with E-state index < -0.39 is 29.0 Å². The average Bonchev–Trinajstić information content (AvgIpc) is 2.99. The van der Waals surface area contributed by atoms with Gasteiger partial charge in [0.15, 0.2) is 0 Å². The molecule has 2 aliphatic rings. The smallest absolute Gasteiger partial charge is 0.343 e. The van der Waals surface area contributed by atoms with E-state index in [0.717, 1.165) is 36.3 Å². The molecule has 0 aliphatic carbocycles. The maximum absolute atomic E-state index is 13.5. The number of alkyl halides is 3. The number of halogens is 3. The number of carbonyl (C=O) groups excluding carboxylic acids is 3. The minimum Gasteiger partial charge on any atom is -0.343 e. The largest absolute Gasteiger partial charge is 0.416 e. The summed E-state index contributed by atoms with van der Waals surface area (Å²) >= 11 is 0. The highest BCUT2D eigenvalue weighted by atomic mass is 19.4. The van der Waals surface area contributed by atoms with Crippen molar-refractivity contribution in [3.8, 4) is 0 Å². The molecule has 2 aromatic carbocycles. The molecule has 0 aromatic heterocycles. The lowest BCUT2D eigenvalue weighted by Gasteiger charge is -2.30. The molecule has 2 aromatic rings. The zero-order chi connectivity index (χ0) is 25.2. The maximum Gasteiger partial charge on any atom is 0.416 e. The number of amides is 3. The first-order valence-corrected chi connectivity index (χ1v) is 12.0. The molecular weight excluding hydrogens is 457 g/mol. The van der Waals surface area contributed by atoms with Crippen LogP contribution in [0.3, 0.4) is 0 Å². The van der Waals surface area contributed by atoms with Gasteiger partial charge in [-0.05, 0) is 49.3 Å². The summed E-state index contributed by atoms with van der Waals surface area (Å²) in [6.45, 7) is 2.75. The summed E-state index contributed by atoms with van der Waals surface area (Å²) < 4.78 is 40.3. The van der Waals surface area contributed by atoms with E-state index in [-0.39, 0.29) is 30.9 Å². The molecule has 5 nitrogen and oxygen atoms in total. The molecule has 186 valence electrons. The van der Waals surface area contributed by atoms with E-state index in [9.17, 15) is 27.6 Å². The number of hydrogen-bond acceptors (Lipinski definition) is 3. The second-order valence-electron chi connectivity index (χ2n) is 9.38. The van der Waals surface area contributed by atoms with Crippen LogP contribution >= 0.6 is 0 Å². The maximum atomic E-state index is 13.5. The fourth-order valence-electron chi connectivity index (χ4n) is 5.35. The van der Waals surface area contributed by atoms with Gasteiger partial charge in [-0.2, -0.15) is 13.2 Å². The molecule has 2 heterocycles. The molecule has 4 rings (SSSR count). The van der Waals surface area contributed by atoms with Crippen LogP contribution in [0.5, 0.6) is 0 Å². The quantitative estimate of drug-likeness (QED) is 0.565. The summed E-state index contributed by atoms with van der Waals surface area (Å²) in [6, 6.07) is 14.6. The van der Waals surface area contributed by atoms with Gasteiger partial charge < -0.3 is 4.90 Å². The van der Waals surface area contributed by atoms with Crippen molar-refractivity contribution >= 4 is 17.7 Å². The van der Waals surface area contributed by atoms with E-state index in [4.69, 9.17) is 0 Å². The van der Waals surface area contributed by atoms with Crippen LogP contribution in [-0.4, -0.2) is 47.2 Å². The molecule has 2 fully saturated rings. The van der Waals surface area contributed by atoms with Crippen molar-refractivity contribution in [2.24, 2.45) is 0 Å². The Morgan fingerprint density at radius 3 is 2.43 bits per heavy atom. The monoisotopic (exact) mass is 486 g/mol. The first-order chi connectivity index (χ1) is 16.7. The Labute approximate surface area is 202 Å². The molecule has 3 amide bonds. The molecule has 0 spiro atoms. The Morgan fingerprint density at radius 2 is 1.77 bits per heavy atom. The van der Waals surface area contributed by atoms with Gasteiger partial charge in [0.25, 0.3) is 0 Å². The standard InChI is InChI=1S/C27H29F3N2O3/c1-2-32-24(34)18-26(25(32)35,21-11-6-12-22(16-21)27(28,29)30)17-23(33)31-14-7-10-20(13-15-31)19-8-4-3-5-9-19/h3-6,8-9,11-12,16,20H,2,7,10,13-15,17-18H2,1H3/t20-,26+/m1/s1. The van der Waals surface area contributed by atoms with Gasteiger partial charge in [0.05, 0.1) is 11.0 Å². The fraction of sp³-hybridized carbons (Fsp3) is 0.444. The van der Waals surface area contributed by atoms with E-state index >= 15 is 0 Å². The molecule has 0 unspecified atom stereocenters. The Bertz CT molecular complexity index is 1100. The Hall–Kier alpha value is -3.16. The van der Waals surface area contributed by atoms with E-state index in [2.05, 4.69) is 12.1 Å². The van der Waals surface area contributed by atoms with Crippen molar-refractivity contribution in [1.82, 2.24) is 9.80 Å². The Morgan fingerprint density at radius 1 is 1.03 bits per heavy atom. The van der Waals surface area contributed by atoms with Crippen LogP contribution in [-0.2, 0) is 26.0 Å². The topological polar surface area (TPSA) is 57.7 Å². The number of benzene rings is 2. The predicted molar refractivity (Wildman–Crippen MR) is 124 cm³/mol. The summed E-state index contributed by atoms with van der Waals surface area (Å²) in [5, 5.41) is 0. The van der Waals surface area contributed by atoms with Crippen LogP contribution in [0.2, 0.25) is 0 Å². The third-order valence-corrected chi connectivity index (χ3v) is 7.27. The fourth-order valence-corrected chi connectivity index (χ4v) is 5.35. The highest BCUT2D eigenvalue weighted by Gasteiger charge is 2.54. The number of hydrogen-bond donors (Lipinski definition) is 0. The molecule has 2 saturated heterocycles. The van der Waals surface area contributed by atoms with Gasteiger partial charge in [-0.15, -0.1) is 0 Å². The molecule has 0 bridgehead atoms. The van der Waals surface area contributed by atoms with Gasteiger partial charge in [0.2, 0.25) is 17.7 Å². The number of nitrogens with zero attached hydrogens (tertiary/aromatic N) is 2. The molecule has 0 saturated carbocycles. The van der Waals surface area contributed by atoms with Crippen LogP contribution in [0.1, 0.15) is 61.6 Å². The highest BCUT2D eigenvalue weighted by Crippen LogP contribution is 2.42. The highest BCUT2D eigenvalue weighted by molar-refractivity contribution is 6.10. The molecule has 8 heteroatoms. The second kappa shape index (κ2) is 9.84. The van der Waals surface area contributed by atoms with Gasteiger partial charge >= 0.3 is 6.18 Å². The van der Waals surface area contributed by atoms with Gasteiger partial charge in [-0.25, -0.2) is 0 Å². The number of likely N-dealkylation sites (N-methyl/N-ethyl adjacent to an activating group) is 1. The third kappa shape index (κ3) is 4.97. The Kier molecular flexibility index (Phi) is 7.01. The van der Waals surface area contributed by atoms with Gasteiger partial charge in [0.1, 0.15) is 0 Å². The van der Waals surface area contributed by atoms with Crippen molar-refractivity contribution in [1.29, 1.82) is 0 Å². The van der Waals surface area contributed by atoms with Crippen LogP contribution in [0.4, 0.5) is 13.2 Å². The van der Waals surface area contributed by atoms with Crippen molar-refractivity contribution in [3.63, 3.8) is 0 Å². The van der Waals surface area contributed by atoms with Gasteiger partial charge in [-0.1, -0.05) is 48.5 Å². The summed E-state index contributed by atoms with van der Waals surface area (Å²) in [7, 11) is 0. The summed E-state index contributed by atoms with van der Waals surface area (Å²) in [6.07, 6.45) is -2.77. The van der Waals surface area contributed by atoms with E-state index in [1.54, 1.807) is 11.8 Å². The molecule has 2 aliphatic heterocycles. The predicted octanol–water partition coefficient (Wildman–Crippen LogP) is 4.91. The normalized spacial score (nSPS) is 23.5. The van der Waals surface area contributed by atoms with Crippen LogP contribution in [0, 0.1) is 0 Å². The molecule has 0 radical (unpaired) electrons. The van der Waals surface area contributed by atoms with Crippen LogP contribution in [0.25, 0.3) is 0 Å². The van der Waals surface area contributed by atoms with Crippen LogP contribution < -0.4 is 0 Å². The minimum absolute atomic E-state index is 0.0620. The minimum atomic E-state index is -4.60. The van der Waals surface area contributed by atoms with Crippen molar-refractivity contribution in [3.05, 3.63) is 71.3 Å². The van der Waals surface area contributed by atoms with Crippen molar-refractivity contribution in [2.75, 3.05) is 19.6 Å².